The smallest absolute Gasteiger partial charge is 0.260 e. The van der Waals surface area contributed by atoms with E-state index in [0.717, 1.165) is 16.5 Å². The summed E-state index contributed by atoms with van der Waals surface area (Å²) in [6, 6.07) is 18.7. The van der Waals surface area contributed by atoms with Gasteiger partial charge in [0.05, 0.1) is 22.9 Å². The Hall–Kier alpha value is -3.65. The van der Waals surface area contributed by atoms with Crippen LogP contribution in [0.2, 0.25) is 0 Å². The van der Waals surface area contributed by atoms with Crippen molar-refractivity contribution in [3.63, 3.8) is 0 Å². The fraction of sp³-hybridized carbons (Fsp3) is 0.0500. The number of nitrogens with one attached hydrogen (secondary N) is 1. The van der Waals surface area contributed by atoms with Gasteiger partial charge < -0.3 is 9.51 Å². The molecule has 2 aromatic carbocycles. The van der Waals surface area contributed by atoms with Gasteiger partial charge in [-0.15, -0.1) is 0 Å². The van der Waals surface area contributed by atoms with Crippen molar-refractivity contribution in [3.8, 4) is 28.5 Å². The fourth-order valence-electron chi connectivity index (χ4n) is 2.98. The van der Waals surface area contributed by atoms with Crippen molar-refractivity contribution in [2.24, 2.45) is 0 Å². The van der Waals surface area contributed by atoms with E-state index in [1.807, 2.05) is 30.3 Å². The summed E-state index contributed by atoms with van der Waals surface area (Å²) in [7, 11) is 0. The van der Waals surface area contributed by atoms with Crippen LogP contribution in [-0.2, 0) is 0 Å². The summed E-state index contributed by atoms with van der Waals surface area (Å²) < 4.78 is 5.36. The number of pyridine rings is 1. The Morgan fingerprint density at radius 3 is 2.56 bits per heavy atom. The highest BCUT2D eigenvalue weighted by atomic mass is 16.5. The van der Waals surface area contributed by atoms with Gasteiger partial charge in [0, 0.05) is 22.5 Å². The summed E-state index contributed by atoms with van der Waals surface area (Å²) in [6.45, 7) is 1.80. The lowest BCUT2D eigenvalue weighted by Gasteiger charge is -2.11. The van der Waals surface area contributed by atoms with Gasteiger partial charge in [-0.05, 0) is 30.7 Å². The highest BCUT2D eigenvalue weighted by molar-refractivity contribution is 6.01. The SMILES string of the molecule is Cc1cc(-c2c(-c3ccccc3)c3cc(C#N)ccc3[nH]c2=O)on1. The van der Waals surface area contributed by atoms with Gasteiger partial charge in [-0.3, -0.25) is 4.79 Å². The second kappa shape index (κ2) is 5.77. The lowest BCUT2D eigenvalue weighted by Crippen LogP contribution is -2.11. The Morgan fingerprint density at radius 2 is 1.88 bits per heavy atom. The van der Waals surface area contributed by atoms with Crippen molar-refractivity contribution in [2.75, 3.05) is 0 Å². The van der Waals surface area contributed by atoms with E-state index < -0.39 is 0 Å². The lowest BCUT2D eigenvalue weighted by molar-refractivity contribution is 0.427. The van der Waals surface area contributed by atoms with E-state index in [2.05, 4.69) is 16.2 Å². The molecule has 0 atom stereocenters. The van der Waals surface area contributed by atoms with Gasteiger partial charge in [0.25, 0.3) is 5.56 Å². The number of benzene rings is 2. The summed E-state index contributed by atoms with van der Waals surface area (Å²) >= 11 is 0. The Morgan fingerprint density at radius 1 is 1.08 bits per heavy atom. The molecule has 2 aromatic heterocycles. The molecule has 2 heterocycles. The van der Waals surface area contributed by atoms with Crippen molar-refractivity contribution in [2.45, 2.75) is 6.92 Å². The number of hydrogen-bond donors (Lipinski definition) is 1. The Balaban J connectivity index is 2.19. The van der Waals surface area contributed by atoms with Gasteiger partial charge in [0.15, 0.2) is 5.76 Å². The number of H-pyrrole nitrogens is 1. The predicted octanol–water partition coefficient (Wildman–Crippen LogP) is 4.03. The monoisotopic (exact) mass is 327 g/mol. The minimum atomic E-state index is -0.257. The van der Waals surface area contributed by atoms with Crippen molar-refractivity contribution in [1.29, 1.82) is 5.26 Å². The molecule has 120 valence electrons. The molecule has 1 N–H and O–H groups in total. The molecular formula is C20H13N3O2. The highest BCUT2D eigenvalue weighted by Crippen LogP contribution is 2.35. The van der Waals surface area contributed by atoms with Crippen LogP contribution in [0.1, 0.15) is 11.3 Å². The van der Waals surface area contributed by atoms with Crippen LogP contribution in [-0.4, -0.2) is 10.1 Å². The first-order valence-corrected chi connectivity index (χ1v) is 7.76. The van der Waals surface area contributed by atoms with Crippen LogP contribution < -0.4 is 5.56 Å². The van der Waals surface area contributed by atoms with Crippen molar-refractivity contribution < 1.29 is 4.52 Å². The molecule has 0 saturated heterocycles. The Bertz CT molecular complexity index is 1180. The van der Waals surface area contributed by atoms with E-state index in [4.69, 9.17) is 4.52 Å². The first kappa shape index (κ1) is 14.9. The van der Waals surface area contributed by atoms with E-state index in [1.54, 1.807) is 31.2 Å². The number of aromatic nitrogens is 2. The maximum Gasteiger partial charge on any atom is 0.260 e. The number of fused-ring (bicyclic) bond motifs is 1. The van der Waals surface area contributed by atoms with Crippen molar-refractivity contribution in [1.82, 2.24) is 10.1 Å². The number of nitriles is 1. The average molecular weight is 327 g/mol. The fourth-order valence-corrected chi connectivity index (χ4v) is 2.98. The number of hydrogen-bond acceptors (Lipinski definition) is 4. The van der Waals surface area contributed by atoms with Gasteiger partial charge in [0.2, 0.25) is 0 Å². The minimum Gasteiger partial charge on any atom is -0.356 e. The summed E-state index contributed by atoms with van der Waals surface area (Å²) in [4.78, 5) is 15.7. The van der Waals surface area contributed by atoms with Gasteiger partial charge >= 0.3 is 0 Å². The zero-order valence-electron chi connectivity index (χ0n) is 13.4. The summed E-state index contributed by atoms with van der Waals surface area (Å²) in [5.41, 5.74) is 3.64. The maximum atomic E-state index is 12.8. The Labute approximate surface area is 143 Å². The zero-order chi connectivity index (χ0) is 17.4. The molecule has 4 rings (SSSR count). The molecule has 0 aliphatic rings. The third-order valence-electron chi connectivity index (χ3n) is 4.08. The van der Waals surface area contributed by atoms with E-state index >= 15 is 0 Å². The van der Waals surface area contributed by atoms with E-state index in [-0.39, 0.29) is 5.56 Å². The van der Waals surface area contributed by atoms with Gasteiger partial charge in [0.1, 0.15) is 0 Å². The molecule has 0 aliphatic carbocycles. The largest absolute Gasteiger partial charge is 0.356 e. The molecule has 0 aliphatic heterocycles. The van der Waals surface area contributed by atoms with Crippen LogP contribution in [0.25, 0.3) is 33.4 Å². The van der Waals surface area contributed by atoms with Crippen LogP contribution in [0.4, 0.5) is 0 Å². The molecule has 5 nitrogen and oxygen atoms in total. The molecule has 0 radical (unpaired) electrons. The molecule has 0 saturated carbocycles. The van der Waals surface area contributed by atoms with E-state index in [0.29, 0.717) is 28.1 Å². The molecule has 0 bridgehead atoms. The van der Waals surface area contributed by atoms with Crippen LogP contribution in [0.3, 0.4) is 0 Å². The molecule has 5 heteroatoms. The molecule has 0 spiro atoms. The molecule has 0 unspecified atom stereocenters. The van der Waals surface area contributed by atoms with Crippen molar-refractivity contribution >= 4 is 10.9 Å². The normalized spacial score (nSPS) is 10.7. The lowest BCUT2D eigenvalue weighted by atomic mass is 9.94. The first-order valence-electron chi connectivity index (χ1n) is 7.76. The van der Waals surface area contributed by atoms with Gasteiger partial charge in [-0.25, -0.2) is 0 Å². The number of rotatable bonds is 2. The van der Waals surface area contributed by atoms with Crippen LogP contribution in [0.5, 0.6) is 0 Å². The van der Waals surface area contributed by atoms with Gasteiger partial charge in [-0.1, -0.05) is 35.5 Å². The zero-order valence-corrected chi connectivity index (χ0v) is 13.4. The molecule has 25 heavy (non-hydrogen) atoms. The van der Waals surface area contributed by atoms with Crippen LogP contribution in [0.15, 0.2) is 63.9 Å². The van der Waals surface area contributed by atoms with Crippen LogP contribution in [0, 0.1) is 18.3 Å². The maximum absolute atomic E-state index is 12.8. The molecule has 4 aromatic rings. The Kier molecular flexibility index (Phi) is 3.44. The molecule has 0 fully saturated rings. The van der Waals surface area contributed by atoms with Gasteiger partial charge in [-0.2, -0.15) is 5.26 Å². The van der Waals surface area contributed by atoms with Crippen LogP contribution >= 0.6 is 0 Å². The first-order chi connectivity index (χ1) is 12.2. The highest BCUT2D eigenvalue weighted by Gasteiger charge is 2.19. The standard InChI is InChI=1S/C20H13N3O2/c1-12-9-17(25-23-12)19-18(14-5-3-2-4-6-14)15-10-13(11-21)7-8-16(15)22-20(19)24/h2-10H,1H3,(H,22,24). The van der Waals surface area contributed by atoms with E-state index in [9.17, 15) is 10.1 Å². The molecule has 0 amide bonds. The summed E-state index contributed by atoms with van der Waals surface area (Å²) in [5.74, 6) is 0.405. The third-order valence-corrected chi connectivity index (χ3v) is 4.08. The third kappa shape index (κ3) is 2.50. The quantitative estimate of drug-likeness (QED) is 0.602. The second-order valence-corrected chi connectivity index (χ2v) is 5.77. The minimum absolute atomic E-state index is 0.257. The number of nitrogens with zero attached hydrogens (tertiary/aromatic N) is 2. The predicted molar refractivity (Wildman–Crippen MR) is 95.0 cm³/mol. The number of aryl methyl sites for hydroxylation is 1. The average Bonchev–Trinajstić information content (AvgIpc) is 3.06. The summed E-state index contributed by atoms with van der Waals surface area (Å²) in [6.07, 6.45) is 0. The summed E-state index contributed by atoms with van der Waals surface area (Å²) in [5, 5.41) is 13.9. The number of aromatic amines is 1. The van der Waals surface area contributed by atoms with E-state index in [1.165, 1.54) is 0 Å². The molecular weight excluding hydrogens is 314 g/mol. The van der Waals surface area contributed by atoms with Crippen molar-refractivity contribution in [3.05, 3.63) is 76.2 Å². The topological polar surface area (TPSA) is 82.7 Å². The second-order valence-electron chi connectivity index (χ2n) is 5.77.